The van der Waals surface area contributed by atoms with Gasteiger partial charge >= 0.3 is 0 Å². The molecule has 26 heavy (non-hydrogen) atoms. The number of amides is 1. The molecule has 1 amide bonds. The van der Waals surface area contributed by atoms with E-state index < -0.39 is 0 Å². The van der Waals surface area contributed by atoms with Gasteiger partial charge in [0.1, 0.15) is 6.17 Å². The lowest BCUT2D eigenvalue weighted by Crippen LogP contribution is -2.44. The summed E-state index contributed by atoms with van der Waals surface area (Å²) in [4.78, 5) is 17.4. The van der Waals surface area contributed by atoms with E-state index in [2.05, 4.69) is 34.5 Å². The zero-order chi connectivity index (χ0) is 17.5. The van der Waals surface area contributed by atoms with E-state index in [-0.39, 0.29) is 12.1 Å². The van der Waals surface area contributed by atoms with E-state index in [0.717, 1.165) is 56.0 Å². The third kappa shape index (κ3) is 2.72. The molecule has 0 aromatic heterocycles. The SMILES string of the molecule is O=C1c2ccccc2NC(c2ccc(N3CCOCC3)cc2)N1C1CC1. The fourth-order valence-electron chi connectivity index (χ4n) is 3.93. The van der Waals surface area contributed by atoms with Crippen molar-refractivity contribution < 1.29 is 9.53 Å². The standard InChI is InChI=1S/C21H23N3O2/c25-21-18-3-1-2-4-19(18)22-20(24(21)17-9-10-17)15-5-7-16(8-6-15)23-11-13-26-14-12-23/h1-8,17,20,22H,9-14H2. The first kappa shape index (κ1) is 15.7. The minimum Gasteiger partial charge on any atom is -0.378 e. The molecule has 1 saturated heterocycles. The van der Waals surface area contributed by atoms with E-state index >= 15 is 0 Å². The highest BCUT2D eigenvalue weighted by molar-refractivity contribution is 6.02. The van der Waals surface area contributed by atoms with Crippen LogP contribution in [0.15, 0.2) is 48.5 Å². The zero-order valence-corrected chi connectivity index (χ0v) is 14.7. The van der Waals surface area contributed by atoms with Crippen molar-refractivity contribution in [2.45, 2.75) is 25.0 Å². The summed E-state index contributed by atoms with van der Waals surface area (Å²) < 4.78 is 5.44. The number of fused-ring (bicyclic) bond motifs is 1. The van der Waals surface area contributed by atoms with Crippen LogP contribution in [-0.2, 0) is 4.74 Å². The Morgan fingerprint density at radius 3 is 2.42 bits per heavy atom. The van der Waals surface area contributed by atoms with Gasteiger partial charge in [0.05, 0.1) is 18.8 Å². The smallest absolute Gasteiger partial charge is 0.258 e. The monoisotopic (exact) mass is 349 g/mol. The second-order valence-corrected chi connectivity index (χ2v) is 7.23. The molecule has 1 saturated carbocycles. The number of carbonyl (C=O) groups is 1. The van der Waals surface area contributed by atoms with E-state index in [1.54, 1.807) is 0 Å². The summed E-state index contributed by atoms with van der Waals surface area (Å²) in [5.41, 5.74) is 4.06. The lowest BCUT2D eigenvalue weighted by Gasteiger charge is -2.38. The van der Waals surface area contributed by atoms with Gasteiger partial charge in [-0.05, 0) is 42.7 Å². The molecular weight excluding hydrogens is 326 g/mol. The van der Waals surface area contributed by atoms with E-state index in [1.807, 2.05) is 29.2 Å². The normalized spacial score (nSPS) is 22.8. The van der Waals surface area contributed by atoms with E-state index in [1.165, 1.54) is 5.69 Å². The molecule has 5 rings (SSSR count). The highest BCUT2D eigenvalue weighted by Gasteiger charge is 2.41. The van der Waals surface area contributed by atoms with Gasteiger partial charge in [-0.3, -0.25) is 4.79 Å². The number of benzene rings is 2. The number of rotatable bonds is 3. The zero-order valence-electron chi connectivity index (χ0n) is 14.7. The van der Waals surface area contributed by atoms with Crippen LogP contribution < -0.4 is 10.2 Å². The molecule has 0 bridgehead atoms. The molecule has 1 unspecified atom stereocenters. The lowest BCUT2D eigenvalue weighted by molar-refractivity contribution is 0.0666. The molecule has 1 N–H and O–H groups in total. The Morgan fingerprint density at radius 2 is 1.69 bits per heavy atom. The number of nitrogens with one attached hydrogen (secondary N) is 1. The summed E-state index contributed by atoms with van der Waals surface area (Å²) in [6, 6.07) is 16.8. The Morgan fingerprint density at radius 1 is 0.962 bits per heavy atom. The molecule has 2 fully saturated rings. The summed E-state index contributed by atoms with van der Waals surface area (Å²) in [5.74, 6) is 0.143. The molecule has 5 heteroatoms. The molecule has 2 heterocycles. The van der Waals surface area contributed by atoms with Crippen LogP contribution in [0.4, 0.5) is 11.4 Å². The second-order valence-electron chi connectivity index (χ2n) is 7.23. The van der Waals surface area contributed by atoms with Crippen molar-refractivity contribution in [3.63, 3.8) is 0 Å². The molecular formula is C21H23N3O2. The lowest BCUT2D eigenvalue weighted by atomic mass is 10.0. The van der Waals surface area contributed by atoms with Crippen LogP contribution in [-0.4, -0.2) is 43.2 Å². The maximum Gasteiger partial charge on any atom is 0.258 e. The van der Waals surface area contributed by atoms with Gasteiger partial charge in [0.2, 0.25) is 0 Å². The first-order valence-electron chi connectivity index (χ1n) is 9.42. The van der Waals surface area contributed by atoms with E-state index in [4.69, 9.17) is 4.74 Å². The number of para-hydroxylation sites is 1. The first-order chi connectivity index (χ1) is 12.8. The number of morpholine rings is 1. The quantitative estimate of drug-likeness (QED) is 0.924. The largest absolute Gasteiger partial charge is 0.378 e. The van der Waals surface area contributed by atoms with Gasteiger partial charge in [-0.1, -0.05) is 24.3 Å². The number of ether oxygens (including phenoxy) is 1. The summed E-state index contributed by atoms with van der Waals surface area (Å²) in [6.45, 7) is 3.43. The molecule has 0 spiro atoms. The Bertz CT molecular complexity index is 810. The van der Waals surface area contributed by atoms with Crippen LogP contribution in [0.5, 0.6) is 0 Å². The van der Waals surface area contributed by atoms with Crippen molar-refractivity contribution in [1.82, 2.24) is 4.90 Å². The average molecular weight is 349 g/mol. The van der Waals surface area contributed by atoms with Crippen molar-refractivity contribution in [2.24, 2.45) is 0 Å². The van der Waals surface area contributed by atoms with E-state index in [0.29, 0.717) is 6.04 Å². The Labute approximate surface area is 153 Å². The minimum atomic E-state index is -0.0939. The number of hydrogen-bond acceptors (Lipinski definition) is 4. The number of carbonyl (C=O) groups excluding carboxylic acids is 1. The van der Waals surface area contributed by atoms with Gasteiger partial charge in [-0.2, -0.15) is 0 Å². The Balaban J connectivity index is 1.45. The molecule has 134 valence electrons. The minimum absolute atomic E-state index is 0.0939. The molecule has 2 aliphatic heterocycles. The molecule has 1 atom stereocenters. The van der Waals surface area contributed by atoms with Crippen LogP contribution in [0.25, 0.3) is 0 Å². The van der Waals surface area contributed by atoms with Gasteiger partial charge in [0, 0.05) is 30.5 Å². The molecule has 2 aromatic carbocycles. The van der Waals surface area contributed by atoms with Crippen molar-refractivity contribution in [1.29, 1.82) is 0 Å². The average Bonchev–Trinajstić information content (AvgIpc) is 3.54. The number of nitrogens with zero attached hydrogens (tertiary/aromatic N) is 2. The maximum absolute atomic E-state index is 13.1. The van der Waals surface area contributed by atoms with Crippen molar-refractivity contribution in [3.8, 4) is 0 Å². The molecule has 1 aliphatic carbocycles. The number of anilines is 2. The third-order valence-corrected chi connectivity index (χ3v) is 5.49. The fraction of sp³-hybridized carbons (Fsp3) is 0.381. The summed E-state index contributed by atoms with van der Waals surface area (Å²) in [5, 5.41) is 3.59. The van der Waals surface area contributed by atoms with Crippen molar-refractivity contribution in [2.75, 3.05) is 36.5 Å². The summed E-state index contributed by atoms with van der Waals surface area (Å²) in [6.07, 6.45) is 2.10. The maximum atomic E-state index is 13.1. The molecule has 2 aromatic rings. The van der Waals surface area contributed by atoms with Crippen LogP contribution in [0, 0.1) is 0 Å². The van der Waals surface area contributed by atoms with Gasteiger partial charge in [0.15, 0.2) is 0 Å². The van der Waals surface area contributed by atoms with Crippen LogP contribution in [0.2, 0.25) is 0 Å². The van der Waals surface area contributed by atoms with Gasteiger partial charge in [-0.25, -0.2) is 0 Å². The van der Waals surface area contributed by atoms with Gasteiger partial charge < -0.3 is 19.9 Å². The highest BCUT2D eigenvalue weighted by Crippen LogP contribution is 2.40. The van der Waals surface area contributed by atoms with Crippen molar-refractivity contribution in [3.05, 3.63) is 59.7 Å². The fourth-order valence-corrected chi connectivity index (χ4v) is 3.93. The van der Waals surface area contributed by atoms with Gasteiger partial charge in [-0.15, -0.1) is 0 Å². The summed E-state index contributed by atoms with van der Waals surface area (Å²) >= 11 is 0. The predicted molar refractivity (Wildman–Crippen MR) is 101 cm³/mol. The topological polar surface area (TPSA) is 44.8 Å². The first-order valence-corrected chi connectivity index (χ1v) is 9.42. The second kappa shape index (κ2) is 6.32. The van der Waals surface area contributed by atoms with Crippen LogP contribution in [0.1, 0.15) is 34.9 Å². The highest BCUT2D eigenvalue weighted by atomic mass is 16.5. The molecule has 3 aliphatic rings. The van der Waals surface area contributed by atoms with E-state index in [9.17, 15) is 4.79 Å². The Hall–Kier alpha value is -2.53. The molecule has 5 nitrogen and oxygen atoms in total. The predicted octanol–water partition coefficient (Wildman–Crippen LogP) is 3.25. The third-order valence-electron chi connectivity index (χ3n) is 5.49. The van der Waals surface area contributed by atoms with Crippen LogP contribution in [0.3, 0.4) is 0 Å². The summed E-state index contributed by atoms with van der Waals surface area (Å²) in [7, 11) is 0. The molecule has 0 radical (unpaired) electrons. The van der Waals surface area contributed by atoms with Crippen molar-refractivity contribution >= 4 is 17.3 Å². The Kier molecular flexibility index (Phi) is 3.82. The van der Waals surface area contributed by atoms with Gasteiger partial charge in [0.25, 0.3) is 5.91 Å². The number of hydrogen-bond donors (Lipinski definition) is 1. The van der Waals surface area contributed by atoms with Crippen LogP contribution >= 0.6 is 0 Å².